The number of fused-ring (bicyclic) bond motifs is 1. The van der Waals surface area contributed by atoms with Crippen LogP contribution < -0.4 is 16.4 Å². The van der Waals surface area contributed by atoms with Gasteiger partial charge in [0.1, 0.15) is 0 Å². The van der Waals surface area contributed by atoms with E-state index in [1.807, 2.05) is 0 Å². The van der Waals surface area contributed by atoms with Crippen molar-refractivity contribution in [1.29, 1.82) is 0 Å². The maximum absolute atomic E-state index is 6.09. The Morgan fingerprint density at radius 1 is 1.16 bits per heavy atom. The van der Waals surface area contributed by atoms with E-state index in [4.69, 9.17) is 17.3 Å². The van der Waals surface area contributed by atoms with Crippen LogP contribution in [0.25, 0.3) is 0 Å². The highest BCUT2D eigenvalue weighted by Crippen LogP contribution is 2.43. The Kier molecular flexibility index (Phi) is 19.6. The van der Waals surface area contributed by atoms with Crippen LogP contribution in [-0.2, 0) is 0 Å². The maximum Gasteiger partial charge on any atom is 0.0363 e. The molecule has 4 aliphatic rings. The van der Waals surface area contributed by atoms with Gasteiger partial charge in [-0.15, -0.1) is 0 Å². The van der Waals surface area contributed by atoms with Gasteiger partial charge in [-0.05, 0) is 79.9 Å². The average molecular weight is 563 g/mol. The first-order chi connectivity index (χ1) is 16.2. The number of rotatable bonds is 7. The van der Waals surface area contributed by atoms with Crippen molar-refractivity contribution in [3.63, 3.8) is 0 Å². The molecule has 2 aliphatic carbocycles. The van der Waals surface area contributed by atoms with Crippen molar-refractivity contribution in [3.8, 4) is 0 Å². The quantitative estimate of drug-likeness (QED) is 0.435. The van der Waals surface area contributed by atoms with E-state index in [2.05, 4.69) is 68.4 Å². The van der Waals surface area contributed by atoms with Crippen LogP contribution in [0.2, 0.25) is 0 Å². The van der Waals surface area contributed by atoms with Crippen LogP contribution in [-0.4, -0.2) is 72.7 Å². The van der Waals surface area contributed by atoms with Crippen molar-refractivity contribution in [2.24, 2.45) is 40.7 Å². The molecule has 6 atom stereocenters. The summed E-state index contributed by atoms with van der Waals surface area (Å²) in [7, 11) is 0. The minimum absolute atomic E-state index is 0. The van der Waals surface area contributed by atoms with E-state index in [-0.39, 0.29) is 23.9 Å². The van der Waals surface area contributed by atoms with Gasteiger partial charge in [0.25, 0.3) is 0 Å². The third-order valence-electron chi connectivity index (χ3n) is 9.06. The van der Waals surface area contributed by atoms with E-state index in [1.54, 1.807) is 0 Å². The molecular weight excluding hydrogens is 500 g/mol. The number of halogens is 1. The first-order valence-electron chi connectivity index (χ1n) is 14.1. The predicted octanol–water partition coefficient (Wildman–Crippen LogP) is 3.55. The molecule has 2 aliphatic heterocycles. The van der Waals surface area contributed by atoms with Gasteiger partial charge in [-0.3, -0.25) is 0 Å². The summed E-state index contributed by atoms with van der Waals surface area (Å²) in [6.45, 7) is 18.3. The zero-order valence-corrected chi connectivity index (χ0v) is 24.9. The zero-order chi connectivity index (χ0) is 24.7. The van der Waals surface area contributed by atoms with Crippen molar-refractivity contribution in [2.45, 2.75) is 92.7 Å². The van der Waals surface area contributed by atoms with E-state index >= 15 is 0 Å². The minimum Gasteiger partial charge on any atom is -0.412 e. The van der Waals surface area contributed by atoms with E-state index < -0.39 is 0 Å². The lowest BCUT2D eigenvalue weighted by Crippen LogP contribution is -2.53. The summed E-state index contributed by atoms with van der Waals surface area (Å²) in [4.78, 5) is 2.65. The molecular formula is C30H63ClN4O3. The van der Waals surface area contributed by atoms with Gasteiger partial charge in [-0.1, -0.05) is 78.6 Å². The summed E-state index contributed by atoms with van der Waals surface area (Å²) in [5.74, 6) is 3.98. The number of nitrogens with zero attached hydrogens (tertiary/aromatic N) is 1. The van der Waals surface area contributed by atoms with Gasteiger partial charge in [-0.2, -0.15) is 0 Å². The van der Waals surface area contributed by atoms with Crippen LogP contribution in [0.3, 0.4) is 0 Å². The first-order valence-corrected chi connectivity index (χ1v) is 14.5. The fourth-order valence-electron chi connectivity index (χ4n) is 6.98. The molecule has 10 N–H and O–H groups in total. The summed E-state index contributed by atoms with van der Waals surface area (Å²) in [6, 6.07) is 1.42. The number of nitrogens with one attached hydrogen (secondary N) is 2. The first kappa shape index (κ1) is 39.6. The molecule has 7 nitrogen and oxygen atoms in total. The molecule has 4 rings (SSSR count). The molecule has 228 valence electrons. The lowest BCUT2D eigenvalue weighted by molar-refractivity contribution is 0.0253. The van der Waals surface area contributed by atoms with Crippen molar-refractivity contribution in [1.82, 2.24) is 15.5 Å². The Bertz CT molecular complexity index is 686. The highest BCUT2D eigenvalue weighted by Gasteiger charge is 2.40. The second-order valence-corrected chi connectivity index (χ2v) is 12.9. The third kappa shape index (κ3) is 11.2. The smallest absolute Gasteiger partial charge is 0.0363 e. The van der Waals surface area contributed by atoms with Crippen molar-refractivity contribution in [2.75, 3.05) is 39.3 Å². The van der Waals surface area contributed by atoms with Gasteiger partial charge < -0.3 is 37.7 Å². The summed E-state index contributed by atoms with van der Waals surface area (Å²) < 4.78 is 0. The largest absolute Gasteiger partial charge is 0.412 e. The summed E-state index contributed by atoms with van der Waals surface area (Å²) in [5, 5.41) is 8.13. The molecule has 2 saturated heterocycles. The number of allylic oxidation sites excluding steroid dienone is 4. The molecule has 0 bridgehead atoms. The number of hydrogen-bond donors (Lipinski definition) is 3. The minimum atomic E-state index is 0. The molecule has 0 aromatic heterocycles. The normalized spacial score (nSPS) is 30.6. The Hall–Kier alpha value is -0.510. The van der Waals surface area contributed by atoms with Gasteiger partial charge in [0.15, 0.2) is 0 Å². The number of likely N-dealkylation sites (tertiary alicyclic amines) is 1. The van der Waals surface area contributed by atoms with E-state index in [1.165, 1.54) is 51.7 Å². The molecule has 0 spiro atoms. The van der Waals surface area contributed by atoms with Crippen LogP contribution in [0.5, 0.6) is 0 Å². The highest BCUT2D eigenvalue weighted by molar-refractivity contribution is 6.31. The van der Waals surface area contributed by atoms with Crippen molar-refractivity contribution >= 4 is 11.6 Å². The van der Waals surface area contributed by atoms with E-state index in [9.17, 15) is 0 Å². The van der Waals surface area contributed by atoms with Crippen molar-refractivity contribution in [3.05, 3.63) is 23.3 Å². The molecule has 3 fully saturated rings. The van der Waals surface area contributed by atoms with Gasteiger partial charge in [-0.25, -0.2) is 0 Å². The van der Waals surface area contributed by atoms with E-state index in [0.717, 1.165) is 48.3 Å². The van der Waals surface area contributed by atoms with Crippen LogP contribution in [0.15, 0.2) is 23.3 Å². The van der Waals surface area contributed by atoms with Gasteiger partial charge in [0.05, 0.1) is 0 Å². The predicted molar refractivity (Wildman–Crippen MR) is 166 cm³/mol. The number of piperidine rings is 1. The summed E-state index contributed by atoms with van der Waals surface area (Å²) in [6.07, 6.45) is 14.8. The van der Waals surface area contributed by atoms with Crippen molar-refractivity contribution < 1.29 is 16.4 Å². The molecule has 5 unspecified atom stereocenters. The number of hydrogen-bond acceptors (Lipinski definition) is 4. The third-order valence-corrected chi connectivity index (χ3v) is 9.34. The Morgan fingerprint density at radius 2 is 1.84 bits per heavy atom. The lowest BCUT2D eigenvalue weighted by atomic mass is 9.66. The second-order valence-electron chi connectivity index (χ2n) is 12.5. The highest BCUT2D eigenvalue weighted by atomic mass is 35.5. The molecule has 0 aromatic carbocycles. The SMILES string of the molecule is C.CC(C)[C@H](CN1CCC(C2C=CC(Cl)=CC2)C(C)(C)C1)NCCN.CC1CNC2CCCCC12.O.O.O. The topological polar surface area (TPSA) is 148 Å². The molecule has 38 heavy (non-hydrogen) atoms. The standard InChI is InChI=1S/C20H36ClN3.C9H17N.CH4.3H2O/c1-15(2)19(23-11-10-22)13-24-12-9-18(20(3,4)14-24)16-5-7-17(21)8-6-16;1-7-6-10-9-5-3-2-4-8(7)9;;;;/h5,7-8,15-16,18-19,23H,6,9-14,22H2,1-4H3;7-10H,2-6H2,1H3;1H4;3*1H2/t16?,18?,19-;;;;;/m0...../s1. The van der Waals surface area contributed by atoms with Crippen LogP contribution in [0.4, 0.5) is 0 Å². The monoisotopic (exact) mass is 562 g/mol. The summed E-state index contributed by atoms with van der Waals surface area (Å²) >= 11 is 6.09. The molecule has 2 heterocycles. The fourth-order valence-corrected chi connectivity index (χ4v) is 7.15. The van der Waals surface area contributed by atoms with Crippen LogP contribution >= 0.6 is 11.6 Å². The second kappa shape index (κ2) is 18.8. The van der Waals surface area contributed by atoms with Gasteiger partial charge >= 0.3 is 0 Å². The fraction of sp³-hybridized carbons (Fsp3) is 0.867. The van der Waals surface area contributed by atoms with Crippen LogP contribution in [0, 0.1) is 35.0 Å². The van der Waals surface area contributed by atoms with Gasteiger partial charge in [0.2, 0.25) is 0 Å². The maximum atomic E-state index is 6.09. The molecule has 0 aromatic rings. The van der Waals surface area contributed by atoms with Crippen LogP contribution in [0.1, 0.15) is 80.6 Å². The molecule has 0 amide bonds. The Balaban J connectivity index is 0. The molecule has 0 radical (unpaired) electrons. The Morgan fingerprint density at radius 3 is 2.39 bits per heavy atom. The Labute approximate surface area is 239 Å². The zero-order valence-electron chi connectivity index (χ0n) is 24.2. The average Bonchev–Trinajstić information content (AvgIpc) is 3.18. The molecule has 1 saturated carbocycles. The van der Waals surface area contributed by atoms with E-state index in [0.29, 0.717) is 29.8 Å². The lowest BCUT2D eigenvalue weighted by Gasteiger charge is -2.48. The summed E-state index contributed by atoms with van der Waals surface area (Å²) in [5.41, 5.74) is 6.00. The number of nitrogens with two attached hydrogens (primary N) is 1. The van der Waals surface area contributed by atoms with Gasteiger partial charge in [0, 0.05) is 43.3 Å². The molecule has 8 heteroatoms.